The lowest BCUT2D eigenvalue weighted by Gasteiger charge is -2.32. The molecule has 1 heterocycles. The van der Waals surface area contributed by atoms with E-state index in [1.807, 2.05) is 0 Å². The summed E-state index contributed by atoms with van der Waals surface area (Å²) in [5, 5.41) is 4.99. The highest BCUT2D eigenvalue weighted by Crippen LogP contribution is 2.22. The van der Waals surface area contributed by atoms with Gasteiger partial charge in [0.15, 0.2) is 0 Å². The maximum absolute atomic E-state index is 11.9. The third-order valence-corrected chi connectivity index (χ3v) is 5.12. The molecule has 6 nitrogen and oxygen atoms in total. The molecule has 1 saturated carbocycles. The summed E-state index contributed by atoms with van der Waals surface area (Å²) in [6, 6.07) is 0.738. The summed E-state index contributed by atoms with van der Waals surface area (Å²) in [5.41, 5.74) is 0. The Hall–Kier alpha value is -0.210. The Morgan fingerprint density at radius 2 is 1.78 bits per heavy atom. The molecular weight excluding hydrogens is 252 g/mol. The maximum Gasteiger partial charge on any atom is 0.292 e. The highest BCUT2D eigenvalue weighted by Gasteiger charge is 2.29. The molecule has 7 heteroatoms. The van der Waals surface area contributed by atoms with E-state index in [0.717, 1.165) is 25.4 Å². The average Bonchev–Trinajstić information content (AvgIpc) is 3.09. The molecule has 1 aliphatic heterocycles. The second-order valence-electron chi connectivity index (χ2n) is 5.52. The fraction of sp³-hybridized carbons (Fsp3) is 1.00. The number of nitrogens with one attached hydrogen (secondary N) is 2. The van der Waals surface area contributed by atoms with Crippen LogP contribution in [0.25, 0.3) is 0 Å². The number of nitrogens with zero attached hydrogens (tertiary/aromatic N) is 2. The minimum atomic E-state index is -3.34. The Bertz CT molecular complexity index is 359. The van der Waals surface area contributed by atoms with Gasteiger partial charge < -0.3 is 5.32 Å². The van der Waals surface area contributed by atoms with Crippen LogP contribution in [0.2, 0.25) is 0 Å². The second kappa shape index (κ2) is 5.83. The second-order valence-corrected chi connectivity index (χ2v) is 7.16. The van der Waals surface area contributed by atoms with E-state index < -0.39 is 10.2 Å². The van der Waals surface area contributed by atoms with Crippen LogP contribution in [0.15, 0.2) is 0 Å². The Kier molecular flexibility index (Phi) is 4.60. The van der Waals surface area contributed by atoms with Gasteiger partial charge in [0, 0.05) is 33.2 Å². The van der Waals surface area contributed by atoms with Crippen molar-refractivity contribution >= 4 is 10.2 Å². The van der Waals surface area contributed by atoms with Gasteiger partial charge in [0.1, 0.15) is 0 Å². The van der Waals surface area contributed by atoms with Gasteiger partial charge in [0.2, 0.25) is 0 Å². The largest absolute Gasteiger partial charge is 0.314 e. The first kappa shape index (κ1) is 14.2. The molecule has 0 spiro atoms. The molecule has 0 aromatic carbocycles. The van der Waals surface area contributed by atoms with Gasteiger partial charge in [-0.05, 0) is 38.1 Å². The van der Waals surface area contributed by atoms with Crippen LogP contribution in [0.4, 0.5) is 0 Å². The predicted molar refractivity (Wildman–Crippen MR) is 71.1 cm³/mol. The summed E-state index contributed by atoms with van der Waals surface area (Å²) in [6.07, 6.45) is 4.52. The van der Waals surface area contributed by atoms with Gasteiger partial charge in [-0.3, -0.25) is 0 Å². The summed E-state index contributed by atoms with van der Waals surface area (Å²) in [7, 11) is 0.0327. The van der Waals surface area contributed by atoms with Crippen molar-refractivity contribution in [2.24, 2.45) is 5.92 Å². The van der Waals surface area contributed by atoms with E-state index in [0.29, 0.717) is 19.0 Å². The van der Waals surface area contributed by atoms with E-state index in [-0.39, 0.29) is 0 Å². The zero-order chi connectivity index (χ0) is 13.2. The lowest BCUT2D eigenvalue weighted by molar-refractivity contribution is 0.252. The van der Waals surface area contributed by atoms with Crippen LogP contribution < -0.4 is 10.1 Å². The van der Waals surface area contributed by atoms with Crippen molar-refractivity contribution in [3.05, 3.63) is 0 Å². The SMILES string of the molecule is CN(C)NS(=O)(=O)N1CCC(CNC2CC2)CC1. The van der Waals surface area contributed by atoms with Crippen LogP contribution in [-0.4, -0.2) is 57.5 Å². The van der Waals surface area contributed by atoms with E-state index in [4.69, 9.17) is 0 Å². The average molecular weight is 276 g/mol. The van der Waals surface area contributed by atoms with E-state index >= 15 is 0 Å². The zero-order valence-corrected chi connectivity index (χ0v) is 12.0. The highest BCUT2D eigenvalue weighted by atomic mass is 32.2. The third kappa shape index (κ3) is 4.17. The molecule has 0 aromatic rings. The Labute approximate surface area is 110 Å². The topological polar surface area (TPSA) is 64.7 Å². The predicted octanol–water partition coefficient (Wildman–Crippen LogP) is -0.239. The number of rotatable bonds is 6. The van der Waals surface area contributed by atoms with Gasteiger partial charge in [0.25, 0.3) is 10.2 Å². The summed E-state index contributed by atoms with van der Waals surface area (Å²) in [5.74, 6) is 0.622. The van der Waals surface area contributed by atoms with Gasteiger partial charge in [-0.2, -0.15) is 12.7 Å². The monoisotopic (exact) mass is 276 g/mol. The smallest absolute Gasteiger partial charge is 0.292 e. The van der Waals surface area contributed by atoms with Gasteiger partial charge in [-0.1, -0.05) is 0 Å². The summed E-state index contributed by atoms with van der Waals surface area (Å²) >= 11 is 0. The molecule has 0 amide bonds. The fourth-order valence-electron chi connectivity index (χ4n) is 2.26. The van der Waals surface area contributed by atoms with Crippen LogP contribution in [0.5, 0.6) is 0 Å². The van der Waals surface area contributed by atoms with E-state index in [9.17, 15) is 8.42 Å². The van der Waals surface area contributed by atoms with Crippen LogP contribution in [0, 0.1) is 5.92 Å². The molecule has 1 aliphatic carbocycles. The fourth-order valence-corrected chi connectivity index (χ4v) is 3.53. The van der Waals surface area contributed by atoms with Gasteiger partial charge in [-0.15, -0.1) is 4.83 Å². The van der Waals surface area contributed by atoms with Crippen molar-refractivity contribution in [1.82, 2.24) is 19.5 Å². The molecule has 2 N–H and O–H groups in total. The van der Waals surface area contributed by atoms with Crippen LogP contribution >= 0.6 is 0 Å². The minimum Gasteiger partial charge on any atom is -0.314 e. The molecule has 2 fully saturated rings. The lowest BCUT2D eigenvalue weighted by atomic mass is 9.98. The molecule has 0 aromatic heterocycles. The number of piperidine rings is 1. The first-order valence-electron chi connectivity index (χ1n) is 6.65. The zero-order valence-electron chi connectivity index (χ0n) is 11.2. The number of hydrogen-bond donors (Lipinski definition) is 2. The van der Waals surface area contributed by atoms with Crippen LogP contribution in [0.1, 0.15) is 25.7 Å². The Balaban J connectivity index is 1.74. The van der Waals surface area contributed by atoms with Gasteiger partial charge >= 0.3 is 0 Å². The van der Waals surface area contributed by atoms with E-state index in [1.165, 1.54) is 17.9 Å². The van der Waals surface area contributed by atoms with E-state index in [2.05, 4.69) is 10.1 Å². The third-order valence-electron chi connectivity index (χ3n) is 3.48. The van der Waals surface area contributed by atoms with Crippen molar-refractivity contribution in [2.75, 3.05) is 33.7 Å². The quantitative estimate of drug-likeness (QED) is 0.657. The Morgan fingerprint density at radius 3 is 2.28 bits per heavy atom. The van der Waals surface area contributed by atoms with Gasteiger partial charge in [0.05, 0.1) is 0 Å². The standard InChI is InChI=1S/C11H24N4O2S/c1-14(2)13-18(16,17)15-7-5-10(6-8-15)9-12-11-3-4-11/h10-13H,3-9H2,1-2H3. The summed E-state index contributed by atoms with van der Waals surface area (Å²) < 4.78 is 25.4. The molecule has 2 rings (SSSR count). The highest BCUT2D eigenvalue weighted by molar-refractivity contribution is 7.87. The molecule has 106 valence electrons. The van der Waals surface area contributed by atoms with E-state index in [1.54, 1.807) is 18.4 Å². The van der Waals surface area contributed by atoms with Crippen molar-refractivity contribution in [1.29, 1.82) is 0 Å². The molecule has 0 radical (unpaired) electrons. The normalized spacial score (nSPS) is 23.7. The molecule has 2 aliphatic rings. The Morgan fingerprint density at radius 1 is 1.17 bits per heavy atom. The maximum atomic E-state index is 11.9. The summed E-state index contributed by atoms with van der Waals surface area (Å²) in [6.45, 7) is 2.29. The molecule has 0 unspecified atom stereocenters. The lowest BCUT2D eigenvalue weighted by Crippen LogP contribution is -2.49. The van der Waals surface area contributed by atoms with Crippen molar-refractivity contribution in [3.63, 3.8) is 0 Å². The first-order chi connectivity index (χ1) is 8.47. The van der Waals surface area contributed by atoms with Crippen molar-refractivity contribution in [2.45, 2.75) is 31.7 Å². The molecule has 18 heavy (non-hydrogen) atoms. The van der Waals surface area contributed by atoms with Gasteiger partial charge in [-0.25, -0.2) is 5.01 Å². The molecule has 0 atom stereocenters. The van der Waals surface area contributed by atoms with Crippen molar-refractivity contribution < 1.29 is 8.42 Å². The molecular formula is C11H24N4O2S. The number of hydrazine groups is 1. The van der Waals surface area contributed by atoms with Crippen molar-refractivity contribution in [3.8, 4) is 0 Å². The van der Waals surface area contributed by atoms with Crippen LogP contribution in [0.3, 0.4) is 0 Å². The number of hydrogen-bond acceptors (Lipinski definition) is 4. The molecule has 0 bridgehead atoms. The van der Waals surface area contributed by atoms with Crippen LogP contribution in [-0.2, 0) is 10.2 Å². The minimum absolute atomic E-state index is 0.622. The summed E-state index contributed by atoms with van der Waals surface area (Å²) in [4.78, 5) is 2.48. The first-order valence-corrected chi connectivity index (χ1v) is 8.09. The molecule has 1 saturated heterocycles.